The number of nitrogens with one attached hydrogen (secondary N) is 1. The lowest BCUT2D eigenvalue weighted by molar-refractivity contribution is -0.280. The number of hydrogen-bond acceptors (Lipinski definition) is 5. The molecule has 17 heavy (non-hydrogen) atoms. The van der Waals surface area contributed by atoms with Crippen LogP contribution in [0.25, 0.3) is 0 Å². The van der Waals surface area contributed by atoms with Gasteiger partial charge in [0.25, 0.3) is 0 Å². The minimum absolute atomic E-state index is 0.0202. The Hall–Kier alpha value is -0.850. The molecule has 6 heteroatoms. The summed E-state index contributed by atoms with van der Waals surface area (Å²) in [6, 6.07) is -0.327. The fourth-order valence-electron chi connectivity index (χ4n) is 1.98. The number of amides is 1. The van der Waals surface area contributed by atoms with E-state index in [1.54, 1.807) is 20.8 Å². The topological polar surface area (TPSA) is 88.0 Å². The molecule has 1 saturated carbocycles. The molecule has 6 nitrogen and oxygen atoms in total. The van der Waals surface area contributed by atoms with Crippen molar-refractivity contribution in [2.45, 2.75) is 51.4 Å². The number of carbonyl (C=O) groups is 1. The molecule has 0 aliphatic heterocycles. The zero-order valence-electron chi connectivity index (χ0n) is 10.5. The zero-order chi connectivity index (χ0) is 13.1. The Balaban J connectivity index is 2.47. The maximum Gasteiger partial charge on any atom is 0.407 e. The van der Waals surface area contributed by atoms with E-state index >= 15 is 0 Å². The molecule has 0 aromatic rings. The van der Waals surface area contributed by atoms with Gasteiger partial charge < -0.3 is 15.2 Å². The summed E-state index contributed by atoms with van der Waals surface area (Å²) in [7, 11) is 0. The van der Waals surface area contributed by atoms with Crippen LogP contribution in [-0.4, -0.2) is 40.8 Å². The first-order chi connectivity index (χ1) is 7.85. The van der Waals surface area contributed by atoms with Crippen LogP contribution in [0.4, 0.5) is 4.79 Å². The first kappa shape index (κ1) is 14.2. The van der Waals surface area contributed by atoms with Gasteiger partial charge in [0.15, 0.2) is 0 Å². The van der Waals surface area contributed by atoms with Crippen molar-refractivity contribution in [2.75, 3.05) is 6.61 Å². The molecule has 0 aromatic carbocycles. The fourth-order valence-corrected chi connectivity index (χ4v) is 1.98. The summed E-state index contributed by atoms with van der Waals surface area (Å²) < 4.78 is 5.11. The molecule has 3 unspecified atom stereocenters. The second-order valence-electron chi connectivity index (χ2n) is 5.42. The van der Waals surface area contributed by atoms with Crippen molar-refractivity contribution in [3.8, 4) is 0 Å². The Bertz CT molecular complexity index is 263. The maximum atomic E-state index is 11.5. The lowest BCUT2D eigenvalue weighted by atomic mass is 10.1. The van der Waals surface area contributed by atoms with Crippen molar-refractivity contribution in [1.82, 2.24) is 5.32 Å². The number of carbonyl (C=O) groups excluding carboxylic acids is 1. The molecular formula is C11H21NO5. The van der Waals surface area contributed by atoms with Crippen LogP contribution >= 0.6 is 0 Å². The van der Waals surface area contributed by atoms with Crippen LogP contribution in [0.1, 0.15) is 33.6 Å². The number of rotatable bonds is 3. The second kappa shape index (κ2) is 5.66. The number of alkyl carbamates (subject to hydrolysis) is 1. The highest BCUT2D eigenvalue weighted by Gasteiger charge is 2.36. The molecule has 1 amide bonds. The summed E-state index contributed by atoms with van der Waals surface area (Å²) in [6.45, 7) is 5.35. The normalized spacial score (nSPS) is 29.1. The zero-order valence-corrected chi connectivity index (χ0v) is 10.5. The molecule has 100 valence electrons. The molecule has 3 N–H and O–H groups in total. The quantitative estimate of drug-likeness (QED) is 0.514. The second-order valence-corrected chi connectivity index (χ2v) is 5.42. The van der Waals surface area contributed by atoms with Crippen molar-refractivity contribution in [2.24, 2.45) is 5.92 Å². The average molecular weight is 247 g/mol. The minimum atomic E-state index is -0.561. The van der Waals surface area contributed by atoms with Crippen molar-refractivity contribution in [3.63, 3.8) is 0 Å². The predicted octanol–water partition coefficient (Wildman–Crippen LogP) is 1.14. The van der Waals surface area contributed by atoms with Gasteiger partial charge in [-0.15, -0.1) is 0 Å². The van der Waals surface area contributed by atoms with Gasteiger partial charge >= 0.3 is 6.09 Å². The van der Waals surface area contributed by atoms with Gasteiger partial charge in [0.05, 0.1) is 6.04 Å². The molecule has 1 aliphatic carbocycles. The standard InChI is InChI=1S/C11H21NO5/c1-11(2,3)16-10(14)12-8-4-7(6-13)5-9(8)17-15/h7-9,13,15H,4-6H2,1-3H3,(H,12,14). The molecule has 1 fully saturated rings. The number of aliphatic hydroxyl groups excluding tert-OH is 1. The Kier molecular flexibility index (Phi) is 4.73. The number of ether oxygens (including phenoxy) is 1. The van der Waals surface area contributed by atoms with Crippen LogP contribution in [0.2, 0.25) is 0 Å². The van der Waals surface area contributed by atoms with Crippen LogP contribution < -0.4 is 5.32 Å². The highest BCUT2D eigenvalue weighted by molar-refractivity contribution is 5.68. The van der Waals surface area contributed by atoms with E-state index in [0.717, 1.165) is 0 Å². The van der Waals surface area contributed by atoms with E-state index in [9.17, 15) is 4.79 Å². The van der Waals surface area contributed by atoms with E-state index in [1.165, 1.54) is 0 Å². The molecule has 1 aliphatic rings. The first-order valence-corrected chi connectivity index (χ1v) is 5.76. The number of hydrogen-bond donors (Lipinski definition) is 3. The minimum Gasteiger partial charge on any atom is -0.444 e. The van der Waals surface area contributed by atoms with Crippen molar-refractivity contribution in [3.05, 3.63) is 0 Å². The van der Waals surface area contributed by atoms with E-state index in [-0.39, 0.29) is 18.6 Å². The molecule has 0 saturated heterocycles. The summed E-state index contributed by atoms with van der Waals surface area (Å²) in [5, 5.41) is 20.4. The summed E-state index contributed by atoms with van der Waals surface area (Å²) in [5.74, 6) is 0.0343. The smallest absolute Gasteiger partial charge is 0.407 e. The molecular weight excluding hydrogens is 226 g/mol. The van der Waals surface area contributed by atoms with Crippen LogP contribution in [0.3, 0.4) is 0 Å². The van der Waals surface area contributed by atoms with E-state index < -0.39 is 17.8 Å². The van der Waals surface area contributed by atoms with Gasteiger partial charge in [-0.1, -0.05) is 0 Å². The van der Waals surface area contributed by atoms with Gasteiger partial charge in [-0.05, 0) is 39.5 Å². The number of aliphatic hydroxyl groups is 1. The van der Waals surface area contributed by atoms with E-state index in [0.29, 0.717) is 12.8 Å². The van der Waals surface area contributed by atoms with Crippen LogP contribution in [0, 0.1) is 5.92 Å². The highest BCUT2D eigenvalue weighted by Crippen LogP contribution is 2.27. The third-order valence-electron chi connectivity index (χ3n) is 2.70. The van der Waals surface area contributed by atoms with Crippen LogP contribution in [0.15, 0.2) is 0 Å². The molecule has 1 rings (SSSR count). The predicted molar refractivity (Wildman–Crippen MR) is 60.5 cm³/mol. The Morgan fingerprint density at radius 3 is 2.53 bits per heavy atom. The molecule has 3 atom stereocenters. The van der Waals surface area contributed by atoms with Crippen molar-refractivity contribution in [1.29, 1.82) is 0 Å². The molecule has 0 spiro atoms. The van der Waals surface area contributed by atoms with Gasteiger partial charge in [0.1, 0.15) is 11.7 Å². The SMILES string of the molecule is CC(C)(C)OC(=O)NC1CC(CO)CC1OO. The Labute approximate surface area is 101 Å². The van der Waals surface area contributed by atoms with Crippen LogP contribution in [0.5, 0.6) is 0 Å². The molecule has 0 radical (unpaired) electrons. The Morgan fingerprint density at radius 1 is 1.41 bits per heavy atom. The summed E-state index contributed by atoms with van der Waals surface area (Å²) >= 11 is 0. The van der Waals surface area contributed by atoms with E-state index in [1.807, 2.05) is 0 Å². The largest absolute Gasteiger partial charge is 0.444 e. The monoisotopic (exact) mass is 247 g/mol. The van der Waals surface area contributed by atoms with Gasteiger partial charge in [-0.3, -0.25) is 5.26 Å². The van der Waals surface area contributed by atoms with Gasteiger partial charge in [0, 0.05) is 6.61 Å². The average Bonchev–Trinajstić information content (AvgIpc) is 2.57. The summed E-state index contributed by atoms with van der Waals surface area (Å²) in [4.78, 5) is 15.8. The molecule has 0 bridgehead atoms. The van der Waals surface area contributed by atoms with Crippen molar-refractivity contribution < 1.29 is 24.8 Å². The van der Waals surface area contributed by atoms with Gasteiger partial charge in [-0.25, -0.2) is 9.68 Å². The van der Waals surface area contributed by atoms with Crippen LogP contribution in [-0.2, 0) is 9.62 Å². The maximum absolute atomic E-state index is 11.5. The van der Waals surface area contributed by atoms with Gasteiger partial charge in [-0.2, -0.15) is 0 Å². The van der Waals surface area contributed by atoms with E-state index in [2.05, 4.69) is 10.2 Å². The third kappa shape index (κ3) is 4.49. The highest BCUT2D eigenvalue weighted by atomic mass is 17.1. The van der Waals surface area contributed by atoms with Gasteiger partial charge in [0.2, 0.25) is 0 Å². The first-order valence-electron chi connectivity index (χ1n) is 5.76. The fraction of sp³-hybridized carbons (Fsp3) is 0.909. The third-order valence-corrected chi connectivity index (χ3v) is 2.70. The van der Waals surface area contributed by atoms with Crippen molar-refractivity contribution >= 4 is 6.09 Å². The Morgan fingerprint density at radius 2 is 2.06 bits per heavy atom. The van der Waals surface area contributed by atoms with E-state index in [4.69, 9.17) is 15.1 Å². The summed E-state index contributed by atoms with van der Waals surface area (Å²) in [5.41, 5.74) is -0.561. The molecule has 0 aromatic heterocycles. The lowest BCUT2D eigenvalue weighted by Crippen LogP contribution is -2.43. The molecule has 0 heterocycles. The summed E-state index contributed by atoms with van der Waals surface area (Å²) in [6.07, 6.45) is 0.0665. The lowest BCUT2D eigenvalue weighted by Gasteiger charge is -2.23.